The lowest BCUT2D eigenvalue weighted by molar-refractivity contribution is -0.145. The van der Waals surface area contributed by atoms with E-state index in [-0.39, 0.29) is 23.8 Å². The van der Waals surface area contributed by atoms with Crippen LogP contribution in [0, 0.1) is 17.8 Å². The molecule has 362 valence electrons. The SMILES string of the molecule is C=CC(=O)OCCCCCCOc1ccc(OC(=O)C2CCC(C(=O)Oc3c(/C=N/N(CCOCCOC)c4nc5ccccc5s4)cc(C4CCC(CCC)CC4)c4ccccc34)CC2)cc1. The molecule has 0 bridgehead atoms. The van der Waals surface area contributed by atoms with Crippen molar-refractivity contribution in [1.82, 2.24) is 4.98 Å². The van der Waals surface area contributed by atoms with E-state index < -0.39 is 5.97 Å². The third-order valence-corrected chi connectivity index (χ3v) is 14.2. The Morgan fingerprint density at radius 2 is 1.44 bits per heavy atom. The Kier molecular flexibility index (Phi) is 19.4. The number of anilines is 1. The molecule has 0 spiro atoms. The van der Waals surface area contributed by atoms with Crippen molar-refractivity contribution >= 4 is 61.6 Å². The molecule has 0 radical (unpaired) electrons. The van der Waals surface area contributed by atoms with Crippen LogP contribution in [0.15, 0.2) is 96.6 Å². The Balaban J connectivity index is 1.02. The number of esters is 3. The molecule has 13 heteroatoms. The number of aromatic nitrogens is 1. The summed E-state index contributed by atoms with van der Waals surface area (Å²) >= 11 is 1.57. The fraction of sp³-hybridized carbons (Fsp3) is 0.473. The van der Waals surface area contributed by atoms with Gasteiger partial charge in [0, 0.05) is 24.1 Å². The molecule has 68 heavy (non-hydrogen) atoms. The molecule has 1 aromatic heterocycles. The third-order valence-electron chi connectivity index (χ3n) is 13.1. The number of unbranched alkanes of at least 4 members (excludes halogenated alkanes) is 3. The van der Waals surface area contributed by atoms with E-state index in [9.17, 15) is 14.4 Å². The van der Waals surface area contributed by atoms with Gasteiger partial charge in [-0.2, -0.15) is 5.10 Å². The van der Waals surface area contributed by atoms with E-state index in [1.54, 1.807) is 42.7 Å². The van der Waals surface area contributed by atoms with Gasteiger partial charge in [-0.1, -0.05) is 74.1 Å². The summed E-state index contributed by atoms with van der Waals surface area (Å²) in [6.07, 6.45) is 15.8. The molecule has 5 aromatic rings. The van der Waals surface area contributed by atoms with Crippen LogP contribution in [0.5, 0.6) is 17.2 Å². The zero-order valence-electron chi connectivity index (χ0n) is 39.7. The quantitative estimate of drug-likeness (QED) is 0.0138. The smallest absolute Gasteiger partial charge is 0.330 e. The van der Waals surface area contributed by atoms with Crippen molar-refractivity contribution in [3.63, 3.8) is 0 Å². The summed E-state index contributed by atoms with van der Waals surface area (Å²) in [5, 5.41) is 9.68. The predicted octanol–water partition coefficient (Wildman–Crippen LogP) is 12.0. The number of benzene rings is 4. The lowest BCUT2D eigenvalue weighted by Crippen LogP contribution is -2.30. The van der Waals surface area contributed by atoms with Crippen LogP contribution in [0.3, 0.4) is 0 Å². The predicted molar refractivity (Wildman–Crippen MR) is 269 cm³/mol. The van der Waals surface area contributed by atoms with E-state index in [1.807, 2.05) is 35.5 Å². The Morgan fingerprint density at radius 1 is 0.765 bits per heavy atom. The van der Waals surface area contributed by atoms with Crippen LogP contribution >= 0.6 is 11.3 Å². The van der Waals surface area contributed by atoms with Crippen molar-refractivity contribution in [3.05, 3.63) is 103 Å². The zero-order chi connectivity index (χ0) is 47.5. The van der Waals surface area contributed by atoms with E-state index in [1.165, 1.54) is 37.3 Å². The number of hydrogen-bond donors (Lipinski definition) is 0. The number of hydrogen-bond acceptors (Lipinski definition) is 13. The lowest BCUT2D eigenvalue weighted by Gasteiger charge is -2.30. The Morgan fingerprint density at radius 3 is 2.15 bits per heavy atom. The molecule has 4 aromatic carbocycles. The van der Waals surface area contributed by atoms with Crippen molar-refractivity contribution in [2.45, 2.75) is 103 Å². The van der Waals surface area contributed by atoms with E-state index in [4.69, 9.17) is 38.5 Å². The first-order valence-corrected chi connectivity index (χ1v) is 25.4. The largest absolute Gasteiger partial charge is 0.494 e. The monoisotopic (exact) mass is 945 g/mol. The van der Waals surface area contributed by atoms with E-state index in [0.717, 1.165) is 76.1 Å². The first-order valence-electron chi connectivity index (χ1n) is 24.6. The minimum Gasteiger partial charge on any atom is -0.494 e. The average molecular weight is 946 g/mol. The third kappa shape index (κ3) is 14.2. The molecule has 0 aliphatic heterocycles. The number of ether oxygens (including phenoxy) is 6. The number of carbonyl (C=O) groups is 3. The summed E-state index contributed by atoms with van der Waals surface area (Å²) in [6, 6.07) is 25.6. The number of thiazole rings is 1. The lowest BCUT2D eigenvalue weighted by atomic mass is 9.76. The molecule has 0 saturated heterocycles. The summed E-state index contributed by atoms with van der Waals surface area (Å²) in [6.45, 7) is 8.48. The van der Waals surface area contributed by atoms with Crippen LogP contribution in [-0.2, 0) is 28.6 Å². The molecule has 12 nitrogen and oxygen atoms in total. The van der Waals surface area contributed by atoms with Gasteiger partial charge in [-0.15, -0.1) is 0 Å². The van der Waals surface area contributed by atoms with E-state index >= 15 is 0 Å². The first kappa shape index (κ1) is 50.3. The zero-order valence-corrected chi connectivity index (χ0v) is 40.6. The normalized spacial score (nSPS) is 18.4. The van der Waals surface area contributed by atoms with Gasteiger partial charge in [0.2, 0.25) is 5.13 Å². The number of carbonyl (C=O) groups excluding carboxylic acids is 3. The molecule has 0 unspecified atom stereocenters. The van der Waals surface area contributed by atoms with Gasteiger partial charge in [0.25, 0.3) is 0 Å². The molecule has 0 N–H and O–H groups in total. The average Bonchev–Trinajstić information content (AvgIpc) is 3.81. The number of fused-ring (bicyclic) bond motifs is 2. The second-order valence-electron chi connectivity index (χ2n) is 17.9. The number of rotatable bonds is 25. The molecule has 2 saturated carbocycles. The molecule has 2 aliphatic carbocycles. The molecule has 1 heterocycles. The second kappa shape index (κ2) is 26.2. The number of hydrazone groups is 1. The molecule has 0 atom stereocenters. The molecule has 2 fully saturated rings. The minimum absolute atomic E-state index is 0.296. The van der Waals surface area contributed by atoms with Gasteiger partial charge in [-0.25, -0.2) is 14.8 Å². The van der Waals surface area contributed by atoms with Crippen LogP contribution in [0.1, 0.15) is 114 Å². The van der Waals surface area contributed by atoms with Crippen molar-refractivity contribution < 1.29 is 42.8 Å². The second-order valence-corrected chi connectivity index (χ2v) is 18.9. The number of methoxy groups -OCH3 is 1. The standard InChI is InChI=1S/C55H67N3O9S/c1-4-14-39-19-21-40(22-20-39)48-37-43(38-56-58(31-34-63-36-35-62-3)55-57-49-17-10-11-18-50(49)68-55)52(47-16-9-8-15-46(47)48)67-54(61)42-25-23-41(24-26-42)53(60)66-45-29-27-44(28-30-45)64-32-12-6-7-13-33-65-51(59)5-2/h5,8-11,15-18,27-30,37-42H,2,4,6-7,12-14,19-26,31-36H2,1,3H3/b56-38+. The highest BCUT2D eigenvalue weighted by atomic mass is 32.1. The fourth-order valence-electron chi connectivity index (χ4n) is 9.35. The van der Waals surface area contributed by atoms with Gasteiger partial charge in [0.05, 0.1) is 67.8 Å². The van der Waals surface area contributed by atoms with Crippen LogP contribution in [0.25, 0.3) is 21.0 Å². The summed E-state index contributed by atoms with van der Waals surface area (Å²) in [5.74, 6) is 1.12. The van der Waals surface area contributed by atoms with Crippen LogP contribution < -0.4 is 19.2 Å². The van der Waals surface area contributed by atoms with Crippen LogP contribution in [-0.4, -0.2) is 75.8 Å². The van der Waals surface area contributed by atoms with Gasteiger partial charge in [0.1, 0.15) is 17.2 Å². The van der Waals surface area contributed by atoms with Crippen molar-refractivity contribution in [2.24, 2.45) is 22.9 Å². The highest BCUT2D eigenvalue weighted by Gasteiger charge is 2.33. The van der Waals surface area contributed by atoms with Crippen molar-refractivity contribution in [1.29, 1.82) is 0 Å². The highest BCUT2D eigenvalue weighted by Crippen LogP contribution is 2.44. The van der Waals surface area contributed by atoms with Crippen molar-refractivity contribution in [3.8, 4) is 17.2 Å². The molecular formula is C55H67N3O9S. The van der Waals surface area contributed by atoms with Gasteiger partial charge in [-0.3, -0.25) is 9.59 Å². The van der Waals surface area contributed by atoms with Gasteiger partial charge < -0.3 is 28.4 Å². The number of nitrogens with zero attached hydrogens (tertiary/aromatic N) is 3. The molecule has 7 rings (SSSR count). The topological polar surface area (TPSA) is 135 Å². The summed E-state index contributed by atoms with van der Waals surface area (Å²) < 4.78 is 35.4. The number of para-hydroxylation sites is 1. The highest BCUT2D eigenvalue weighted by molar-refractivity contribution is 7.22. The molecule has 0 amide bonds. The van der Waals surface area contributed by atoms with Gasteiger partial charge in [0.15, 0.2) is 0 Å². The Hall–Kier alpha value is -5.63. The molecular weight excluding hydrogens is 879 g/mol. The summed E-state index contributed by atoms with van der Waals surface area (Å²) in [4.78, 5) is 43.7. The Bertz CT molecular complexity index is 2400. The van der Waals surface area contributed by atoms with E-state index in [2.05, 4.69) is 43.8 Å². The maximum absolute atomic E-state index is 14.3. The van der Waals surface area contributed by atoms with Gasteiger partial charge in [-0.05, 0) is 142 Å². The molecule has 2 aliphatic rings. The maximum atomic E-state index is 14.3. The van der Waals surface area contributed by atoms with Gasteiger partial charge >= 0.3 is 17.9 Å². The van der Waals surface area contributed by atoms with E-state index in [0.29, 0.717) is 88.4 Å². The first-order chi connectivity index (χ1) is 33.3. The fourth-order valence-corrected chi connectivity index (χ4v) is 10.3. The van der Waals surface area contributed by atoms with Crippen LogP contribution in [0.4, 0.5) is 5.13 Å². The minimum atomic E-state index is -0.396. The van der Waals surface area contributed by atoms with Crippen LogP contribution in [0.2, 0.25) is 0 Å². The Labute approximate surface area is 405 Å². The summed E-state index contributed by atoms with van der Waals surface area (Å²) in [5.41, 5.74) is 2.91. The summed E-state index contributed by atoms with van der Waals surface area (Å²) in [7, 11) is 1.66. The maximum Gasteiger partial charge on any atom is 0.330 e. The van der Waals surface area contributed by atoms with Crippen molar-refractivity contribution in [2.75, 3.05) is 51.7 Å².